The molecule has 278 valence electrons. The number of aliphatic hydroxyl groups excluding tert-OH is 1. The number of fused-ring (bicyclic) bond motifs is 3. The molecule has 2 aliphatic rings. The van der Waals surface area contributed by atoms with Crippen molar-refractivity contribution >= 4 is 0 Å². The molecule has 4 aromatic carbocycles. The summed E-state index contributed by atoms with van der Waals surface area (Å²) in [5.74, 6) is 0.0688. The molecule has 0 heterocycles. The van der Waals surface area contributed by atoms with Crippen molar-refractivity contribution in [3.05, 3.63) is 119 Å². The van der Waals surface area contributed by atoms with E-state index in [0.717, 1.165) is 89.6 Å². The summed E-state index contributed by atoms with van der Waals surface area (Å²) in [5, 5.41) is 18.0. The van der Waals surface area contributed by atoms with Crippen LogP contribution in [0.15, 0.2) is 97.1 Å². The van der Waals surface area contributed by atoms with Crippen LogP contribution in [0.25, 0.3) is 22.3 Å². The topological polar surface area (TPSA) is 65.5 Å². The third kappa shape index (κ3) is 9.06. The second-order valence-electron chi connectivity index (χ2n) is 13.9. The van der Waals surface area contributed by atoms with Gasteiger partial charge in [-0.15, -0.1) is 0 Å². The van der Waals surface area contributed by atoms with Crippen LogP contribution in [0.2, 0.25) is 0 Å². The zero-order valence-corrected chi connectivity index (χ0v) is 28.9. The number of benzene rings is 4. The van der Waals surface area contributed by atoms with Gasteiger partial charge in [0.15, 0.2) is 0 Å². The molecule has 0 saturated heterocycles. The predicted octanol–water partition coefficient (Wildman–Crippen LogP) is 9.50. The van der Waals surface area contributed by atoms with Gasteiger partial charge in [-0.1, -0.05) is 97.8 Å². The quantitative estimate of drug-likeness (QED) is 0.0426. The monoisotopic (exact) mass is 725 g/mol. The van der Waals surface area contributed by atoms with Crippen LogP contribution in [-0.2, 0) is 23.2 Å². The second kappa shape index (κ2) is 16.5. The number of alkyl halides is 6. The molecule has 11 heteroatoms. The van der Waals surface area contributed by atoms with Crippen molar-refractivity contribution in [1.82, 2.24) is 16.1 Å². The van der Waals surface area contributed by atoms with Crippen molar-refractivity contribution < 1.29 is 36.3 Å². The maximum Gasteiger partial charge on any atom is 0.416 e. The minimum Gasteiger partial charge on any atom is -0.378 e. The average molecular weight is 726 g/mol. The van der Waals surface area contributed by atoms with Gasteiger partial charge in [-0.25, -0.2) is 0 Å². The van der Waals surface area contributed by atoms with Gasteiger partial charge in [0.05, 0.1) is 5.56 Å². The van der Waals surface area contributed by atoms with E-state index in [1.54, 1.807) is 0 Å². The molecule has 0 amide bonds. The number of rotatable bonds is 15. The van der Waals surface area contributed by atoms with Gasteiger partial charge in [0.1, 0.15) is 18.4 Å². The molecule has 0 bridgehead atoms. The van der Waals surface area contributed by atoms with E-state index in [4.69, 9.17) is 4.84 Å². The van der Waals surface area contributed by atoms with Crippen LogP contribution < -0.4 is 16.1 Å². The van der Waals surface area contributed by atoms with Crippen LogP contribution in [0.5, 0.6) is 0 Å². The first-order chi connectivity index (χ1) is 24.9. The van der Waals surface area contributed by atoms with Gasteiger partial charge >= 0.3 is 12.4 Å². The fourth-order valence-corrected chi connectivity index (χ4v) is 7.80. The molecule has 6 rings (SSSR count). The fraction of sp³-hybridized carbons (Fsp3) is 0.415. The molecule has 2 unspecified atom stereocenters. The number of hydroxylamine groups is 1. The summed E-state index contributed by atoms with van der Waals surface area (Å²) in [4.78, 5) is 5.98. The Morgan fingerprint density at radius 3 is 2.04 bits per heavy atom. The van der Waals surface area contributed by atoms with E-state index in [1.165, 1.54) is 12.1 Å². The highest BCUT2D eigenvalue weighted by Crippen LogP contribution is 2.51. The lowest BCUT2D eigenvalue weighted by Crippen LogP contribution is -2.43. The van der Waals surface area contributed by atoms with Crippen LogP contribution >= 0.6 is 0 Å². The van der Waals surface area contributed by atoms with Gasteiger partial charge in [-0.05, 0) is 102 Å². The van der Waals surface area contributed by atoms with Crippen molar-refractivity contribution in [1.29, 1.82) is 0 Å². The van der Waals surface area contributed by atoms with Gasteiger partial charge in [0.25, 0.3) is 0 Å². The van der Waals surface area contributed by atoms with E-state index in [9.17, 15) is 31.4 Å². The molecule has 0 spiro atoms. The lowest BCUT2D eigenvalue weighted by atomic mass is 9.84. The molecule has 1 fully saturated rings. The molecule has 4 aromatic rings. The summed E-state index contributed by atoms with van der Waals surface area (Å²) in [6, 6.07) is 28.5. The number of nitrogens with one attached hydrogen (secondary N) is 3. The normalized spacial score (nSPS) is 18.9. The van der Waals surface area contributed by atoms with Crippen LogP contribution in [0.1, 0.15) is 73.6 Å². The molecule has 1 saturated carbocycles. The third-order valence-electron chi connectivity index (χ3n) is 10.4. The first kappa shape index (κ1) is 38.0. The largest absolute Gasteiger partial charge is 0.416 e. The number of hydrogen-bond acceptors (Lipinski definition) is 5. The fourth-order valence-electron chi connectivity index (χ4n) is 7.80. The minimum atomic E-state index is -4.41. The SMILES string of the molecule is O[C@@H](NCCCCCC1(ONCC(F)(F)F)c2ccccc2-c2ccccc21)C1CCCC(NCc2ccccc2-c2ccc(C(F)(F)F)cc2)C1. The number of hydrogen-bond donors (Lipinski definition) is 4. The van der Waals surface area contributed by atoms with Crippen LogP contribution in [0.4, 0.5) is 26.3 Å². The summed E-state index contributed by atoms with van der Waals surface area (Å²) in [6.07, 6.45) is -3.06. The Kier molecular flexibility index (Phi) is 12.1. The van der Waals surface area contributed by atoms with Gasteiger partial charge in [-0.3, -0.25) is 10.2 Å². The Labute approximate surface area is 300 Å². The van der Waals surface area contributed by atoms with Crippen LogP contribution in [-0.4, -0.2) is 36.6 Å². The van der Waals surface area contributed by atoms with Crippen molar-refractivity contribution in [2.45, 2.75) is 88.1 Å². The molecular weight excluding hydrogens is 680 g/mol. The zero-order chi connectivity index (χ0) is 36.8. The third-order valence-corrected chi connectivity index (χ3v) is 10.4. The number of halogens is 6. The van der Waals surface area contributed by atoms with E-state index in [-0.39, 0.29) is 12.0 Å². The highest BCUT2D eigenvalue weighted by atomic mass is 19.4. The minimum absolute atomic E-state index is 0.0688. The lowest BCUT2D eigenvalue weighted by Gasteiger charge is -2.33. The summed E-state index contributed by atoms with van der Waals surface area (Å²) in [6.45, 7) is -0.0952. The molecule has 3 atom stereocenters. The first-order valence-corrected chi connectivity index (χ1v) is 18.0. The second-order valence-corrected chi connectivity index (χ2v) is 13.9. The van der Waals surface area contributed by atoms with Crippen LogP contribution in [0.3, 0.4) is 0 Å². The molecular formula is C41H45F6N3O2. The highest BCUT2D eigenvalue weighted by molar-refractivity contribution is 5.80. The molecule has 5 nitrogen and oxygen atoms in total. The Morgan fingerprint density at radius 2 is 1.38 bits per heavy atom. The van der Waals surface area contributed by atoms with E-state index in [1.807, 2.05) is 72.8 Å². The summed E-state index contributed by atoms with van der Waals surface area (Å²) >= 11 is 0. The zero-order valence-electron chi connectivity index (χ0n) is 28.9. The van der Waals surface area contributed by atoms with Crippen molar-refractivity contribution in [3.8, 4) is 22.3 Å². The predicted molar refractivity (Wildman–Crippen MR) is 190 cm³/mol. The molecule has 2 aliphatic carbocycles. The summed E-state index contributed by atoms with van der Waals surface area (Å²) in [5.41, 5.74) is 6.72. The lowest BCUT2D eigenvalue weighted by molar-refractivity contribution is -0.173. The molecule has 4 N–H and O–H groups in total. The number of unbranched alkanes of at least 4 members (excludes halogenated alkanes) is 2. The molecule has 0 aliphatic heterocycles. The van der Waals surface area contributed by atoms with E-state index in [2.05, 4.69) is 16.1 Å². The standard InChI is InChI=1S/C41H45F6N3O2/c42-40(43,44)27-50-52-39(36-17-6-4-15-34(36)35-16-5-7-18-37(35)39)23-8-1-9-24-48-38(51)29-12-10-13-32(25-29)49-26-30-11-2-3-14-33(30)28-19-21-31(22-20-28)41(45,46)47/h2-7,11,14-22,29,32,38,48-51H,1,8-10,12-13,23-27H2/t29?,32?,38-/m1/s1. The number of aliphatic hydroxyl groups is 1. The van der Waals surface area contributed by atoms with Crippen molar-refractivity contribution in [2.24, 2.45) is 5.92 Å². The summed E-state index contributed by atoms with van der Waals surface area (Å²) in [7, 11) is 0. The van der Waals surface area contributed by atoms with Gasteiger partial charge in [-0.2, -0.15) is 31.8 Å². The molecule has 0 radical (unpaired) electrons. The van der Waals surface area contributed by atoms with Crippen molar-refractivity contribution in [3.63, 3.8) is 0 Å². The molecule has 52 heavy (non-hydrogen) atoms. The Bertz CT molecular complexity index is 1720. The Balaban J connectivity index is 0.983. The van der Waals surface area contributed by atoms with Gasteiger partial charge in [0.2, 0.25) is 0 Å². The Hall–Kier alpha value is -3.74. The van der Waals surface area contributed by atoms with Gasteiger partial charge in [0, 0.05) is 12.6 Å². The first-order valence-electron chi connectivity index (χ1n) is 18.0. The highest BCUT2D eigenvalue weighted by Gasteiger charge is 2.45. The maximum absolute atomic E-state index is 13.1. The van der Waals surface area contributed by atoms with Crippen LogP contribution in [0, 0.1) is 5.92 Å². The van der Waals surface area contributed by atoms with Gasteiger partial charge < -0.3 is 10.4 Å². The summed E-state index contributed by atoms with van der Waals surface area (Å²) < 4.78 is 78.5. The van der Waals surface area contributed by atoms with E-state index < -0.39 is 36.3 Å². The van der Waals surface area contributed by atoms with E-state index in [0.29, 0.717) is 25.9 Å². The Morgan fingerprint density at radius 1 is 0.750 bits per heavy atom. The smallest absolute Gasteiger partial charge is 0.378 e. The van der Waals surface area contributed by atoms with Crippen molar-refractivity contribution in [2.75, 3.05) is 13.1 Å². The molecule has 0 aromatic heterocycles. The maximum atomic E-state index is 13.1. The van der Waals surface area contributed by atoms with E-state index >= 15 is 0 Å². The average Bonchev–Trinajstić information content (AvgIpc) is 3.41.